The van der Waals surface area contributed by atoms with Crippen molar-refractivity contribution in [1.82, 2.24) is 0 Å². The minimum Gasteiger partial charge on any atom is -0.396 e. The second-order valence-electron chi connectivity index (χ2n) is 5.02. The Kier molecular flexibility index (Phi) is 15.6. The van der Waals surface area contributed by atoms with Crippen LogP contribution in [0.1, 0.15) is 71.1 Å². The standard InChI is InChI=1S/C15H32O2S/c1-2-3-4-5-6-7-8-9-10-13-18-15(14-17)11-12-16/h15-17H,2-14H2,1H3/t15-/m0/s1. The highest BCUT2D eigenvalue weighted by Crippen LogP contribution is 2.17. The number of aliphatic hydroxyl groups is 2. The molecule has 0 fully saturated rings. The molecule has 1 atom stereocenters. The van der Waals surface area contributed by atoms with Gasteiger partial charge in [0.2, 0.25) is 0 Å². The van der Waals surface area contributed by atoms with Crippen molar-refractivity contribution in [1.29, 1.82) is 0 Å². The van der Waals surface area contributed by atoms with Crippen LogP contribution in [0, 0.1) is 0 Å². The van der Waals surface area contributed by atoms with E-state index in [0.29, 0.717) is 0 Å². The summed E-state index contributed by atoms with van der Waals surface area (Å²) in [7, 11) is 0. The van der Waals surface area contributed by atoms with Crippen LogP contribution in [0.5, 0.6) is 0 Å². The molecule has 2 nitrogen and oxygen atoms in total. The smallest absolute Gasteiger partial charge is 0.0550 e. The van der Waals surface area contributed by atoms with Gasteiger partial charge in [-0.3, -0.25) is 0 Å². The van der Waals surface area contributed by atoms with Crippen LogP contribution < -0.4 is 0 Å². The molecular formula is C15H32O2S. The van der Waals surface area contributed by atoms with E-state index in [4.69, 9.17) is 10.2 Å². The maximum absolute atomic E-state index is 9.07. The predicted octanol–water partition coefficient (Wildman–Crippen LogP) is 3.99. The normalized spacial score (nSPS) is 12.8. The maximum atomic E-state index is 9.07. The Morgan fingerprint density at radius 1 is 0.833 bits per heavy atom. The van der Waals surface area contributed by atoms with E-state index in [1.54, 1.807) is 0 Å². The molecule has 0 bridgehead atoms. The molecule has 0 radical (unpaired) electrons. The van der Waals surface area contributed by atoms with E-state index in [-0.39, 0.29) is 18.5 Å². The van der Waals surface area contributed by atoms with Crippen molar-refractivity contribution >= 4 is 11.8 Å². The number of unbranched alkanes of at least 4 members (excludes halogenated alkanes) is 8. The van der Waals surface area contributed by atoms with Gasteiger partial charge in [-0.2, -0.15) is 11.8 Å². The van der Waals surface area contributed by atoms with Gasteiger partial charge in [-0.25, -0.2) is 0 Å². The molecule has 0 aromatic carbocycles. The van der Waals surface area contributed by atoms with Gasteiger partial charge >= 0.3 is 0 Å². The Labute approximate surface area is 118 Å². The van der Waals surface area contributed by atoms with Gasteiger partial charge in [0, 0.05) is 11.9 Å². The zero-order valence-electron chi connectivity index (χ0n) is 12.1. The molecule has 0 amide bonds. The van der Waals surface area contributed by atoms with Gasteiger partial charge < -0.3 is 10.2 Å². The molecule has 0 heterocycles. The highest BCUT2D eigenvalue weighted by atomic mass is 32.2. The van der Waals surface area contributed by atoms with Crippen LogP contribution in [0.15, 0.2) is 0 Å². The molecule has 0 unspecified atom stereocenters. The summed E-state index contributed by atoms with van der Waals surface area (Å²) in [5, 5.41) is 18.1. The fraction of sp³-hybridized carbons (Fsp3) is 1.00. The number of thioether (sulfide) groups is 1. The molecule has 0 aliphatic rings. The minimum absolute atomic E-state index is 0.190. The number of hydrogen-bond acceptors (Lipinski definition) is 3. The summed E-state index contributed by atoms with van der Waals surface area (Å²) in [5.41, 5.74) is 0. The van der Waals surface area contributed by atoms with Gasteiger partial charge in [0.15, 0.2) is 0 Å². The van der Waals surface area contributed by atoms with Crippen molar-refractivity contribution in [3.05, 3.63) is 0 Å². The van der Waals surface area contributed by atoms with Crippen molar-refractivity contribution in [2.75, 3.05) is 19.0 Å². The fourth-order valence-corrected chi connectivity index (χ4v) is 3.12. The largest absolute Gasteiger partial charge is 0.396 e. The summed E-state index contributed by atoms with van der Waals surface area (Å²) in [6.07, 6.45) is 13.0. The third-order valence-electron chi connectivity index (χ3n) is 3.26. The second-order valence-corrected chi connectivity index (χ2v) is 6.42. The fourth-order valence-electron chi connectivity index (χ4n) is 2.03. The van der Waals surface area contributed by atoms with Gasteiger partial charge in [-0.15, -0.1) is 0 Å². The Bertz CT molecular complexity index is 153. The van der Waals surface area contributed by atoms with Crippen LogP contribution >= 0.6 is 11.8 Å². The molecule has 0 aromatic heterocycles. The Morgan fingerprint density at radius 3 is 1.89 bits per heavy atom. The zero-order chi connectivity index (χ0) is 13.5. The SMILES string of the molecule is CCCCCCCCCCCS[C@H](CO)CCO. The zero-order valence-corrected chi connectivity index (χ0v) is 12.9. The van der Waals surface area contributed by atoms with E-state index in [9.17, 15) is 0 Å². The first-order valence-electron chi connectivity index (χ1n) is 7.68. The van der Waals surface area contributed by atoms with Crippen molar-refractivity contribution in [3.63, 3.8) is 0 Å². The summed E-state index contributed by atoms with van der Waals surface area (Å²) >= 11 is 1.81. The Balaban J connectivity index is 3.10. The van der Waals surface area contributed by atoms with Crippen LogP contribution in [-0.2, 0) is 0 Å². The van der Waals surface area contributed by atoms with Crippen molar-refractivity contribution in [2.24, 2.45) is 0 Å². The number of hydrogen-bond donors (Lipinski definition) is 2. The third kappa shape index (κ3) is 12.7. The van der Waals surface area contributed by atoms with Crippen LogP contribution in [-0.4, -0.2) is 34.4 Å². The first kappa shape index (κ1) is 18.3. The second kappa shape index (κ2) is 15.3. The lowest BCUT2D eigenvalue weighted by atomic mass is 10.1. The van der Waals surface area contributed by atoms with Gasteiger partial charge in [-0.05, 0) is 18.6 Å². The Hall–Kier alpha value is 0.270. The van der Waals surface area contributed by atoms with Crippen LogP contribution in [0.2, 0.25) is 0 Å². The number of aliphatic hydroxyl groups excluding tert-OH is 2. The van der Waals surface area contributed by atoms with E-state index in [0.717, 1.165) is 12.2 Å². The van der Waals surface area contributed by atoms with Gasteiger partial charge in [-0.1, -0.05) is 58.3 Å². The molecule has 0 spiro atoms. The average Bonchev–Trinajstić information content (AvgIpc) is 2.39. The van der Waals surface area contributed by atoms with Crippen LogP contribution in [0.3, 0.4) is 0 Å². The molecule has 0 rings (SSSR count). The van der Waals surface area contributed by atoms with Crippen molar-refractivity contribution in [2.45, 2.75) is 76.4 Å². The monoisotopic (exact) mass is 276 g/mol. The topological polar surface area (TPSA) is 40.5 Å². The maximum Gasteiger partial charge on any atom is 0.0550 e. The molecule has 0 aliphatic carbocycles. The van der Waals surface area contributed by atoms with Gasteiger partial charge in [0.05, 0.1) is 6.61 Å². The highest BCUT2D eigenvalue weighted by molar-refractivity contribution is 7.99. The van der Waals surface area contributed by atoms with Crippen LogP contribution in [0.25, 0.3) is 0 Å². The molecule has 0 saturated heterocycles. The lowest BCUT2D eigenvalue weighted by molar-refractivity contribution is 0.247. The molecule has 110 valence electrons. The van der Waals surface area contributed by atoms with Crippen molar-refractivity contribution in [3.8, 4) is 0 Å². The van der Waals surface area contributed by atoms with Gasteiger partial charge in [0.1, 0.15) is 0 Å². The summed E-state index contributed by atoms with van der Waals surface area (Å²) in [6, 6.07) is 0. The highest BCUT2D eigenvalue weighted by Gasteiger charge is 2.06. The predicted molar refractivity (Wildman–Crippen MR) is 82.3 cm³/mol. The lowest BCUT2D eigenvalue weighted by Crippen LogP contribution is -2.11. The van der Waals surface area contributed by atoms with E-state index in [1.165, 1.54) is 57.8 Å². The van der Waals surface area contributed by atoms with E-state index in [1.807, 2.05) is 11.8 Å². The molecule has 3 heteroatoms. The quantitative estimate of drug-likeness (QED) is 0.471. The van der Waals surface area contributed by atoms with Gasteiger partial charge in [0.25, 0.3) is 0 Å². The molecule has 2 N–H and O–H groups in total. The third-order valence-corrected chi connectivity index (χ3v) is 4.64. The van der Waals surface area contributed by atoms with E-state index < -0.39 is 0 Å². The molecule has 0 aliphatic heterocycles. The molecular weight excluding hydrogens is 244 g/mol. The first-order chi connectivity index (χ1) is 8.85. The van der Waals surface area contributed by atoms with E-state index >= 15 is 0 Å². The Morgan fingerprint density at radius 2 is 1.39 bits per heavy atom. The summed E-state index contributed by atoms with van der Waals surface area (Å²) in [6.45, 7) is 2.65. The summed E-state index contributed by atoms with van der Waals surface area (Å²) in [4.78, 5) is 0. The summed E-state index contributed by atoms with van der Waals surface area (Å²) < 4.78 is 0. The van der Waals surface area contributed by atoms with Crippen molar-refractivity contribution < 1.29 is 10.2 Å². The lowest BCUT2D eigenvalue weighted by Gasteiger charge is -2.11. The number of rotatable bonds is 14. The summed E-state index contributed by atoms with van der Waals surface area (Å²) in [5.74, 6) is 1.13. The van der Waals surface area contributed by atoms with Crippen LogP contribution in [0.4, 0.5) is 0 Å². The molecule has 18 heavy (non-hydrogen) atoms. The van der Waals surface area contributed by atoms with E-state index in [2.05, 4.69) is 6.92 Å². The first-order valence-corrected chi connectivity index (χ1v) is 8.73. The molecule has 0 saturated carbocycles. The minimum atomic E-state index is 0.190. The molecule has 0 aromatic rings. The average molecular weight is 276 g/mol.